The van der Waals surface area contributed by atoms with Crippen LogP contribution in [0.25, 0.3) is 0 Å². The summed E-state index contributed by atoms with van der Waals surface area (Å²) in [6.45, 7) is 1.79. The van der Waals surface area contributed by atoms with E-state index in [9.17, 15) is 9.18 Å². The van der Waals surface area contributed by atoms with Crippen molar-refractivity contribution in [2.24, 2.45) is 0 Å². The van der Waals surface area contributed by atoms with Gasteiger partial charge in [0.2, 0.25) is 0 Å². The Balaban J connectivity index is 0.00000243. The molecule has 1 aliphatic rings. The van der Waals surface area contributed by atoms with Crippen LogP contribution in [0.2, 0.25) is 5.02 Å². The van der Waals surface area contributed by atoms with E-state index in [4.69, 9.17) is 21.6 Å². The maximum atomic E-state index is 14.3. The number of ether oxygens (including phenoxy) is 1. The Hall–Kier alpha value is -2.24. The number of carbonyl (C=O) groups excluding carboxylic acids is 1. The molecule has 6 nitrogen and oxygen atoms in total. The summed E-state index contributed by atoms with van der Waals surface area (Å²) in [6.07, 6.45) is -0.355. The number of hydrogen-bond donors (Lipinski definition) is 2. The van der Waals surface area contributed by atoms with Gasteiger partial charge in [-0.3, -0.25) is 4.79 Å². The highest BCUT2D eigenvalue weighted by Gasteiger charge is 2.20. The molecule has 26 heavy (non-hydrogen) atoms. The van der Waals surface area contributed by atoms with E-state index in [1.807, 2.05) is 6.07 Å². The van der Waals surface area contributed by atoms with Gasteiger partial charge in [-0.25, -0.2) is 9.37 Å². The minimum absolute atomic E-state index is 0. The van der Waals surface area contributed by atoms with Crippen LogP contribution in [0.5, 0.6) is 0 Å². The standard InChI is InChI=1S/C17H14ClFN4O2.ClH/c18-10-5-12(8-20)22-15(6-10)17(24)23-11-1-2-13(14(19)7-11)16-9-21-3-4-25-16;/h1-2,5-7,16,21H,3-4,9H2,(H,23,24);1H. The number of pyridine rings is 1. The molecule has 1 unspecified atom stereocenters. The van der Waals surface area contributed by atoms with Gasteiger partial charge in [0, 0.05) is 29.4 Å². The molecule has 136 valence electrons. The van der Waals surface area contributed by atoms with Crippen LogP contribution in [-0.2, 0) is 4.74 Å². The number of benzene rings is 1. The largest absolute Gasteiger partial charge is 0.371 e. The molecule has 2 N–H and O–H groups in total. The van der Waals surface area contributed by atoms with Crippen molar-refractivity contribution in [1.82, 2.24) is 10.3 Å². The van der Waals surface area contributed by atoms with Crippen molar-refractivity contribution in [2.45, 2.75) is 6.10 Å². The first kappa shape index (κ1) is 20.1. The summed E-state index contributed by atoms with van der Waals surface area (Å²) in [4.78, 5) is 16.1. The number of aromatic nitrogens is 1. The number of morpholine rings is 1. The lowest BCUT2D eigenvalue weighted by molar-refractivity contribution is 0.0255. The zero-order valence-corrected chi connectivity index (χ0v) is 15.0. The summed E-state index contributed by atoms with van der Waals surface area (Å²) >= 11 is 5.86. The van der Waals surface area contributed by atoms with Crippen LogP contribution >= 0.6 is 24.0 Å². The molecule has 0 saturated carbocycles. The summed E-state index contributed by atoms with van der Waals surface area (Å²) in [6, 6.07) is 8.90. The second kappa shape index (κ2) is 8.92. The summed E-state index contributed by atoms with van der Waals surface area (Å²) in [5.41, 5.74) is 0.711. The van der Waals surface area contributed by atoms with Crippen molar-refractivity contribution in [3.8, 4) is 6.07 Å². The second-order valence-corrected chi connectivity index (χ2v) is 5.86. The van der Waals surface area contributed by atoms with Crippen LogP contribution in [0.4, 0.5) is 10.1 Å². The number of carbonyl (C=O) groups is 1. The summed E-state index contributed by atoms with van der Waals surface area (Å²) in [5, 5.41) is 14.8. The van der Waals surface area contributed by atoms with Gasteiger partial charge >= 0.3 is 0 Å². The lowest BCUT2D eigenvalue weighted by Gasteiger charge is -2.24. The van der Waals surface area contributed by atoms with Gasteiger partial charge in [-0.05, 0) is 24.3 Å². The zero-order chi connectivity index (χ0) is 17.8. The molecule has 0 bridgehead atoms. The van der Waals surface area contributed by atoms with Crippen molar-refractivity contribution in [2.75, 3.05) is 25.0 Å². The number of nitrogens with zero attached hydrogens (tertiary/aromatic N) is 2. The normalized spacial score (nSPS) is 16.3. The van der Waals surface area contributed by atoms with Gasteiger partial charge in [0.15, 0.2) is 0 Å². The Labute approximate surface area is 160 Å². The molecule has 2 heterocycles. The molecule has 1 aliphatic heterocycles. The third kappa shape index (κ3) is 4.68. The monoisotopic (exact) mass is 396 g/mol. The SMILES string of the molecule is Cl.N#Cc1cc(Cl)cc(C(=O)Nc2ccc(C3CNCCO3)c(F)c2)n1. The third-order valence-electron chi connectivity index (χ3n) is 3.67. The number of rotatable bonds is 3. The fourth-order valence-electron chi connectivity index (χ4n) is 2.50. The van der Waals surface area contributed by atoms with Gasteiger partial charge in [-0.15, -0.1) is 12.4 Å². The van der Waals surface area contributed by atoms with Gasteiger partial charge in [0.1, 0.15) is 23.3 Å². The first-order valence-electron chi connectivity index (χ1n) is 7.57. The molecule has 1 fully saturated rings. The molecule has 1 saturated heterocycles. The van der Waals surface area contributed by atoms with Gasteiger partial charge < -0.3 is 15.4 Å². The predicted octanol–water partition coefficient (Wildman–Crippen LogP) is 3.08. The van der Waals surface area contributed by atoms with E-state index in [1.54, 1.807) is 12.1 Å². The molecule has 9 heteroatoms. The third-order valence-corrected chi connectivity index (χ3v) is 3.89. The molecule has 3 rings (SSSR count). The summed E-state index contributed by atoms with van der Waals surface area (Å²) in [7, 11) is 0. The Morgan fingerprint density at radius 3 is 2.88 bits per heavy atom. The molecular formula is C17H15Cl2FN4O2. The van der Waals surface area contributed by atoms with Crippen LogP contribution < -0.4 is 10.6 Å². The first-order chi connectivity index (χ1) is 12.1. The van der Waals surface area contributed by atoms with Gasteiger partial charge in [0.25, 0.3) is 5.91 Å². The topological polar surface area (TPSA) is 87.0 Å². The highest BCUT2D eigenvalue weighted by Crippen LogP contribution is 2.24. The van der Waals surface area contributed by atoms with Crippen molar-refractivity contribution >= 4 is 35.6 Å². The van der Waals surface area contributed by atoms with Gasteiger partial charge in [0.05, 0.1) is 12.7 Å². The minimum Gasteiger partial charge on any atom is -0.371 e. The van der Waals surface area contributed by atoms with Crippen LogP contribution in [0.15, 0.2) is 30.3 Å². The van der Waals surface area contributed by atoms with E-state index in [1.165, 1.54) is 18.2 Å². The molecule has 1 amide bonds. The Bertz CT molecular complexity index is 851. The predicted molar refractivity (Wildman–Crippen MR) is 97.1 cm³/mol. The fraction of sp³-hybridized carbons (Fsp3) is 0.235. The van der Waals surface area contributed by atoms with Crippen molar-refractivity contribution in [3.63, 3.8) is 0 Å². The van der Waals surface area contributed by atoms with Crippen molar-refractivity contribution < 1.29 is 13.9 Å². The highest BCUT2D eigenvalue weighted by atomic mass is 35.5. The molecule has 1 atom stereocenters. The number of hydrogen-bond acceptors (Lipinski definition) is 5. The van der Waals surface area contributed by atoms with E-state index in [-0.39, 0.29) is 40.6 Å². The summed E-state index contributed by atoms with van der Waals surface area (Å²) < 4.78 is 19.9. The number of nitriles is 1. The first-order valence-corrected chi connectivity index (χ1v) is 7.95. The molecular weight excluding hydrogens is 382 g/mol. The Morgan fingerprint density at radius 1 is 1.42 bits per heavy atom. The number of anilines is 1. The molecule has 0 aliphatic carbocycles. The maximum absolute atomic E-state index is 14.3. The molecule has 0 radical (unpaired) electrons. The average Bonchev–Trinajstić information content (AvgIpc) is 2.62. The lowest BCUT2D eigenvalue weighted by Crippen LogP contribution is -2.33. The van der Waals surface area contributed by atoms with Crippen LogP contribution in [0.3, 0.4) is 0 Å². The molecule has 1 aromatic carbocycles. The quantitative estimate of drug-likeness (QED) is 0.832. The lowest BCUT2D eigenvalue weighted by atomic mass is 10.1. The van der Waals surface area contributed by atoms with Crippen LogP contribution in [-0.4, -0.2) is 30.6 Å². The Morgan fingerprint density at radius 2 is 2.23 bits per heavy atom. The van der Waals surface area contributed by atoms with E-state index in [2.05, 4.69) is 15.6 Å². The fourth-order valence-corrected chi connectivity index (χ4v) is 2.70. The van der Waals surface area contributed by atoms with Gasteiger partial charge in [-0.1, -0.05) is 17.7 Å². The number of halogens is 3. The zero-order valence-electron chi connectivity index (χ0n) is 13.5. The second-order valence-electron chi connectivity index (χ2n) is 5.42. The average molecular weight is 397 g/mol. The molecule has 0 spiro atoms. The maximum Gasteiger partial charge on any atom is 0.274 e. The number of nitrogens with one attached hydrogen (secondary N) is 2. The van der Waals surface area contributed by atoms with E-state index in [0.717, 1.165) is 6.54 Å². The number of amides is 1. The van der Waals surface area contributed by atoms with Crippen LogP contribution in [0.1, 0.15) is 27.8 Å². The minimum atomic E-state index is -0.582. The van der Waals surface area contributed by atoms with Crippen LogP contribution in [0, 0.1) is 17.1 Å². The van der Waals surface area contributed by atoms with E-state index < -0.39 is 11.7 Å². The Kier molecular flexibility index (Phi) is 6.89. The molecule has 2 aromatic rings. The molecule has 1 aromatic heterocycles. The van der Waals surface area contributed by atoms with Crippen molar-refractivity contribution in [3.05, 3.63) is 58.1 Å². The summed E-state index contributed by atoms with van der Waals surface area (Å²) in [5.74, 6) is -1.05. The van der Waals surface area contributed by atoms with E-state index in [0.29, 0.717) is 18.7 Å². The van der Waals surface area contributed by atoms with Crippen molar-refractivity contribution in [1.29, 1.82) is 5.26 Å². The smallest absolute Gasteiger partial charge is 0.274 e. The van der Waals surface area contributed by atoms with Gasteiger partial charge in [-0.2, -0.15) is 5.26 Å². The van der Waals surface area contributed by atoms with E-state index >= 15 is 0 Å². The highest BCUT2D eigenvalue weighted by molar-refractivity contribution is 6.31.